The number of rotatable bonds is 6. The number of nitrogens with one attached hydrogen (secondary N) is 1. The minimum atomic E-state index is -3.76. The number of benzene rings is 2. The van der Waals surface area contributed by atoms with Crippen molar-refractivity contribution in [2.75, 3.05) is 23.0 Å². The lowest BCUT2D eigenvalue weighted by molar-refractivity contribution is -0.116. The van der Waals surface area contributed by atoms with Gasteiger partial charge < -0.3 is 10.1 Å². The van der Waals surface area contributed by atoms with Crippen LogP contribution in [0.1, 0.15) is 6.92 Å². The molecule has 0 radical (unpaired) electrons. The first-order valence-corrected chi connectivity index (χ1v) is 9.27. The Labute approximate surface area is 146 Å². The van der Waals surface area contributed by atoms with Crippen molar-refractivity contribution in [2.45, 2.75) is 13.0 Å². The molecule has 0 aliphatic rings. The van der Waals surface area contributed by atoms with Gasteiger partial charge in [0.25, 0.3) is 0 Å². The van der Waals surface area contributed by atoms with Crippen LogP contribution in [0.2, 0.25) is 0 Å². The van der Waals surface area contributed by atoms with Gasteiger partial charge in [0, 0.05) is 0 Å². The lowest BCUT2D eigenvalue weighted by atomic mass is 10.2. The van der Waals surface area contributed by atoms with Gasteiger partial charge in [0.2, 0.25) is 15.9 Å². The zero-order chi connectivity index (χ0) is 18.6. The second kappa shape index (κ2) is 7.52. The number of anilines is 2. The third kappa shape index (κ3) is 4.48. The summed E-state index contributed by atoms with van der Waals surface area (Å²) < 4.78 is 43.6. The molecule has 6 nitrogen and oxygen atoms in total. The van der Waals surface area contributed by atoms with Gasteiger partial charge in [0.1, 0.15) is 17.6 Å². The van der Waals surface area contributed by atoms with E-state index in [0.717, 1.165) is 22.7 Å². The second-order valence-electron chi connectivity index (χ2n) is 5.40. The standard InChI is InChI=1S/C17H19FN2O4S/c1-12(17(21)19-15-6-4-5-7-16(15)24-2)20(25(3,22)23)14-10-8-13(18)9-11-14/h4-12H,1-3H3,(H,19,21)/t12-/m0/s1. The Bertz CT molecular complexity index is 853. The summed E-state index contributed by atoms with van der Waals surface area (Å²) in [5, 5.41) is 2.65. The highest BCUT2D eigenvalue weighted by Crippen LogP contribution is 2.25. The van der Waals surface area contributed by atoms with E-state index in [9.17, 15) is 17.6 Å². The van der Waals surface area contributed by atoms with Crippen LogP contribution in [0.15, 0.2) is 48.5 Å². The van der Waals surface area contributed by atoms with Crippen molar-refractivity contribution in [3.8, 4) is 5.75 Å². The number of nitrogens with zero attached hydrogens (tertiary/aromatic N) is 1. The SMILES string of the molecule is COc1ccccc1NC(=O)[C@H](C)N(c1ccc(F)cc1)S(C)(=O)=O. The molecule has 0 heterocycles. The van der Waals surface area contributed by atoms with E-state index in [2.05, 4.69) is 5.32 Å². The molecule has 0 aliphatic heterocycles. The number of hydrogen-bond acceptors (Lipinski definition) is 4. The summed E-state index contributed by atoms with van der Waals surface area (Å²) in [7, 11) is -2.30. The minimum Gasteiger partial charge on any atom is -0.495 e. The van der Waals surface area contributed by atoms with E-state index in [4.69, 9.17) is 4.74 Å². The quantitative estimate of drug-likeness (QED) is 0.853. The van der Waals surface area contributed by atoms with E-state index in [0.29, 0.717) is 11.4 Å². The smallest absolute Gasteiger partial charge is 0.248 e. The predicted octanol–water partition coefficient (Wildman–Crippen LogP) is 2.63. The molecule has 2 aromatic rings. The van der Waals surface area contributed by atoms with E-state index in [1.165, 1.54) is 26.2 Å². The highest BCUT2D eigenvalue weighted by atomic mass is 32.2. The van der Waals surface area contributed by atoms with Crippen molar-refractivity contribution in [3.63, 3.8) is 0 Å². The molecule has 1 atom stereocenters. The molecule has 8 heteroatoms. The summed E-state index contributed by atoms with van der Waals surface area (Å²) in [5.41, 5.74) is 0.626. The first-order chi connectivity index (χ1) is 11.7. The van der Waals surface area contributed by atoms with Gasteiger partial charge in [-0.05, 0) is 43.3 Å². The molecule has 0 aromatic heterocycles. The number of ether oxygens (including phenoxy) is 1. The van der Waals surface area contributed by atoms with Gasteiger partial charge in [-0.15, -0.1) is 0 Å². The largest absolute Gasteiger partial charge is 0.495 e. The molecule has 0 aliphatic carbocycles. The number of methoxy groups -OCH3 is 1. The molecule has 134 valence electrons. The lowest BCUT2D eigenvalue weighted by Gasteiger charge is -2.28. The van der Waals surface area contributed by atoms with E-state index in [-0.39, 0.29) is 5.69 Å². The molecular formula is C17H19FN2O4S. The highest BCUT2D eigenvalue weighted by Gasteiger charge is 2.29. The topological polar surface area (TPSA) is 75.7 Å². The van der Waals surface area contributed by atoms with Crippen LogP contribution in [-0.2, 0) is 14.8 Å². The Morgan fingerprint density at radius 3 is 2.32 bits per heavy atom. The maximum Gasteiger partial charge on any atom is 0.248 e. The third-order valence-electron chi connectivity index (χ3n) is 3.53. The summed E-state index contributed by atoms with van der Waals surface area (Å²) in [4.78, 5) is 12.6. The molecule has 0 saturated heterocycles. The van der Waals surface area contributed by atoms with Crippen LogP contribution >= 0.6 is 0 Å². The molecule has 0 spiro atoms. The molecular weight excluding hydrogens is 347 g/mol. The fraction of sp³-hybridized carbons (Fsp3) is 0.235. The van der Waals surface area contributed by atoms with Gasteiger partial charge in [-0.25, -0.2) is 12.8 Å². The molecule has 2 rings (SSSR count). The van der Waals surface area contributed by atoms with Crippen LogP contribution in [-0.4, -0.2) is 33.7 Å². The zero-order valence-corrected chi connectivity index (χ0v) is 14.9. The number of amides is 1. The number of sulfonamides is 1. The number of carbonyl (C=O) groups excluding carboxylic acids is 1. The van der Waals surface area contributed by atoms with Crippen molar-refractivity contribution in [2.24, 2.45) is 0 Å². The van der Waals surface area contributed by atoms with E-state index >= 15 is 0 Å². The third-order valence-corrected chi connectivity index (χ3v) is 4.78. The monoisotopic (exact) mass is 366 g/mol. The number of para-hydroxylation sites is 2. The van der Waals surface area contributed by atoms with Crippen LogP contribution in [0.3, 0.4) is 0 Å². The normalized spacial score (nSPS) is 12.3. The predicted molar refractivity (Wildman–Crippen MR) is 94.8 cm³/mol. The molecule has 0 saturated carbocycles. The molecule has 1 N–H and O–H groups in total. The first kappa shape index (κ1) is 18.7. The summed E-state index contributed by atoms with van der Waals surface area (Å²) in [6, 6.07) is 10.6. The van der Waals surface area contributed by atoms with Crippen LogP contribution in [0.4, 0.5) is 15.8 Å². The van der Waals surface area contributed by atoms with Crippen molar-refractivity contribution in [1.29, 1.82) is 0 Å². The van der Waals surface area contributed by atoms with Crippen molar-refractivity contribution in [3.05, 3.63) is 54.3 Å². The van der Waals surface area contributed by atoms with Crippen molar-refractivity contribution >= 4 is 27.3 Å². The van der Waals surface area contributed by atoms with E-state index in [1.54, 1.807) is 24.3 Å². The Balaban J connectivity index is 2.31. The lowest BCUT2D eigenvalue weighted by Crippen LogP contribution is -2.45. The molecule has 1 amide bonds. The fourth-order valence-electron chi connectivity index (χ4n) is 2.38. The fourth-order valence-corrected chi connectivity index (χ4v) is 3.56. The summed E-state index contributed by atoms with van der Waals surface area (Å²) in [6.07, 6.45) is 0.989. The molecule has 25 heavy (non-hydrogen) atoms. The van der Waals surface area contributed by atoms with Gasteiger partial charge in [0.15, 0.2) is 0 Å². The number of hydrogen-bond donors (Lipinski definition) is 1. The minimum absolute atomic E-state index is 0.201. The summed E-state index contributed by atoms with van der Waals surface area (Å²) in [5.74, 6) is -0.585. The molecule has 2 aromatic carbocycles. The molecule has 0 unspecified atom stereocenters. The molecule has 0 fully saturated rings. The highest BCUT2D eigenvalue weighted by molar-refractivity contribution is 7.92. The van der Waals surface area contributed by atoms with Crippen molar-refractivity contribution < 1.29 is 22.3 Å². The zero-order valence-electron chi connectivity index (χ0n) is 14.1. The van der Waals surface area contributed by atoms with Crippen LogP contribution in [0.25, 0.3) is 0 Å². The maximum atomic E-state index is 13.1. The Morgan fingerprint density at radius 2 is 1.76 bits per heavy atom. The van der Waals surface area contributed by atoms with E-state index < -0.39 is 27.8 Å². The first-order valence-electron chi connectivity index (χ1n) is 7.43. The molecule has 0 bridgehead atoms. The average molecular weight is 366 g/mol. The van der Waals surface area contributed by atoms with Gasteiger partial charge >= 0.3 is 0 Å². The van der Waals surface area contributed by atoms with Gasteiger partial charge in [-0.2, -0.15) is 0 Å². The van der Waals surface area contributed by atoms with Crippen LogP contribution < -0.4 is 14.4 Å². The number of carbonyl (C=O) groups is 1. The van der Waals surface area contributed by atoms with Gasteiger partial charge in [-0.3, -0.25) is 9.10 Å². The summed E-state index contributed by atoms with van der Waals surface area (Å²) in [6.45, 7) is 1.45. The Hall–Kier alpha value is -2.61. The van der Waals surface area contributed by atoms with Crippen LogP contribution in [0, 0.1) is 5.82 Å². The van der Waals surface area contributed by atoms with Gasteiger partial charge in [0.05, 0.1) is 24.7 Å². The van der Waals surface area contributed by atoms with Gasteiger partial charge in [-0.1, -0.05) is 12.1 Å². The average Bonchev–Trinajstić information content (AvgIpc) is 2.56. The van der Waals surface area contributed by atoms with Crippen molar-refractivity contribution in [1.82, 2.24) is 0 Å². The Kier molecular flexibility index (Phi) is 5.63. The second-order valence-corrected chi connectivity index (χ2v) is 7.26. The van der Waals surface area contributed by atoms with E-state index in [1.807, 2.05) is 0 Å². The number of halogens is 1. The maximum absolute atomic E-state index is 13.1. The van der Waals surface area contributed by atoms with Crippen LogP contribution in [0.5, 0.6) is 5.75 Å². The summed E-state index contributed by atoms with van der Waals surface area (Å²) >= 11 is 0. The Morgan fingerprint density at radius 1 is 1.16 bits per heavy atom.